The molecule has 8 nitrogen and oxygen atoms in total. The molecule has 2 aromatic heterocycles. The molecule has 2 aliphatic rings. The van der Waals surface area contributed by atoms with E-state index >= 15 is 0 Å². The molecule has 1 amide bonds. The van der Waals surface area contributed by atoms with Crippen LogP contribution < -0.4 is 5.32 Å². The second kappa shape index (κ2) is 8.49. The molecule has 0 unspecified atom stereocenters. The lowest BCUT2D eigenvalue weighted by molar-refractivity contribution is 0.0783. The second-order valence-corrected chi connectivity index (χ2v) is 8.03. The highest BCUT2D eigenvalue weighted by Crippen LogP contribution is 2.25. The highest BCUT2D eigenvalue weighted by Gasteiger charge is 2.29. The minimum Gasteiger partial charge on any atom is -0.357 e. The Morgan fingerprint density at radius 2 is 2.00 bits per heavy atom. The molecule has 1 saturated heterocycles. The highest BCUT2D eigenvalue weighted by molar-refractivity contribution is 5.94. The molecular weight excluding hydrogens is 366 g/mol. The molecule has 0 radical (unpaired) electrons. The molecule has 0 atom stereocenters. The summed E-state index contributed by atoms with van der Waals surface area (Å²) in [5.41, 5.74) is 4.90. The van der Waals surface area contributed by atoms with Crippen LogP contribution in [0, 0.1) is 6.92 Å². The highest BCUT2D eigenvalue weighted by atomic mass is 16.2. The van der Waals surface area contributed by atoms with E-state index < -0.39 is 0 Å². The van der Waals surface area contributed by atoms with Gasteiger partial charge in [-0.25, -0.2) is 9.97 Å². The summed E-state index contributed by atoms with van der Waals surface area (Å²) >= 11 is 0. The molecular formula is C21H31N7O. The van der Waals surface area contributed by atoms with Gasteiger partial charge in [0.1, 0.15) is 5.69 Å². The van der Waals surface area contributed by atoms with Gasteiger partial charge < -0.3 is 10.2 Å². The first-order chi connectivity index (χ1) is 14.1. The molecule has 0 spiro atoms. The van der Waals surface area contributed by atoms with E-state index in [0.29, 0.717) is 18.2 Å². The maximum Gasteiger partial charge on any atom is 0.273 e. The van der Waals surface area contributed by atoms with Gasteiger partial charge in [-0.3, -0.25) is 14.4 Å². The van der Waals surface area contributed by atoms with Crippen molar-refractivity contribution in [2.24, 2.45) is 0 Å². The van der Waals surface area contributed by atoms with Crippen LogP contribution in [-0.2, 0) is 26.1 Å². The second-order valence-electron chi connectivity index (χ2n) is 8.03. The predicted molar refractivity (Wildman–Crippen MR) is 112 cm³/mol. The lowest BCUT2D eigenvalue weighted by Crippen LogP contribution is -2.36. The molecule has 8 heteroatoms. The molecule has 4 rings (SSSR count). The summed E-state index contributed by atoms with van der Waals surface area (Å²) in [7, 11) is 1.80. The first-order valence-electron chi connectivity index (χ1n) is 10.7. The maximum atomic E-state index is 13.2. The number of carbonyl (C=O) groups excluding carboxylic acids is 1. The normalized spacial score (nSPS) is 16.9. The van der Waals surface area contributed by atoms with Crippen molar-refractivity contribution in [2.75, 3.05) is 32.0 Å². The summed E-state index contributed by atoms with van der Waals surface area (Å²) in [6.07, 6.45) is 6.21. The van der Waals surface area contributed by atoms with E-state index in [-0.39, 0.29) is 5.91 Å². The number of likely N-dealkylation sites (tertiary alicyclic amines) is 1. The van der Waals surface area contributed by atoms with Crippen LogP contribution in [0.15, 0.2) is 6.20 Å². The van der Waals surface area contributed by atoms with Crippen LogP contribution in [0.5, 0.6) is 0 Å². The van der Waals surface area contributed by atoms with Crippen LogP contribution in [0.25, 0.3) is 0 Å². The van der Waals surface area contributed by atoms with Crippen LogP contribution in [-0.4, -0.2) is 62.1 Å². The number of fused-ring (bicyclic) bond motifs is 1. The molecule has 156 valence electrons. The Balaban J connectivity index is 1.58. The number of anilines is 1. The first kappa shape index (κ1) is 19.8. The first-order valence-corrected chi connectivity index (χ1v) is 10.7. The minimum atomic E-state index is 0.0476. The van der Waals surface area contributed by atoms with E-state index in [1.54, 1.807) is 7.05 Å². The van der Waals surface area contributed by atoms with Gasteiger partial charge in [0.2, 0.25) is 5.95 Å². The van der Waals surface area contributed by atoms with E-state index in [4.69, 9.17) is 0 Å². The summed E-state index contributed by atoms with van der Waals surface area (Å²) in [4.78, 5) is 26.7. The lowest BCUT2D eigenvalue weighted by atomic mass is 10.0. The van der Waals surface area contributed by atoms with E-state index in [0.717, 1.165) is 75.4 Å². The van der Waals surface area contributed by atoms with Gasteiger partial charge in [0.15, 0.2) is 0 Å². The van der Waals surface area contributed by atoms with Crippen molar-refractivity contribution in [2.45, 2.75) is 59.2 Å². The molecule has 2 aliphatic heterocycles. The van der Waals surface area contributed by atoms with Crippen LogP contribution >= 0.6 is 0 Å². The van der Waals surface area contributed by atoms with Crippen molar-refractivity contribution >= 4 is 11.9 Å². The molecule has 1 fully saturated rings. The number of aryl methyl sites for hydroxylation is 2. The Bertz CT molecular complexity index is 885. The predicted octanol–water partition coefficient (Wildman–Crippen LogP) is 2.23. The third kappa shape index (κ3) is 4.12. The van der Waals surface area contributed by atoms with Crippen molar-refractivity contribution in [3.63, 3.8) is 0 Å². The minimum absolute atomic E-state index is 0.0476. The van der Waals surface area contributed by atoms with E-state index in [1.165, 1.54) is 5.56 Å². The van der Waals surface area contributed by atoms with E-state index in [2.05, 4.69) is 45.3 Å². The van der Waals surface area contributed by atoms with Gasteiger partial charge in [-0.05, 0) is 26.2 Å². The number of rotatable bonds is 6. The molecule has 0 aromatic carbocycles. The Labute approximate surface area is 172 Å². The molecule has 4 heterocycles. The Morgan fingerprint density at radius 1 is 1.21 bits per heavy atom. The molecule has 29 heavy (non-hydrogen) atoms. The molecule has 1 N–H and O–H groups in total. The molecule has 0 aliphatic carbocycles. The van der Waals surface area contributed by atoms with Crippen LogP contribution in [0.4, 0.5) is 5.95 Å². The van der Waals surface area contributed by atoms with Crippen LogP contribution in [0.3, 0.4) is 0 Å². The van der Waals surface area contributed by atoms with Gasteiger partial charge >= 0.3 is 0 Å². The number of nitrogens with zero attached hydrogens (tertiary/aromatic N) is 6. The van der Waals surface area contributed by atoms with Crippen molar-refractivity contribution < 1.29 is 4.79 Å². The van der Waals surface area contributed by atoms with Gasteiger partial charge in [0, 0.05) is 70.1 Å². The number of hydrogen-bond acceptors (Lipinski definition) is 6. The molecule has 0 bridgehead atoms. The quantitative estimate of drug-likeness (QED) is 0.805. The fourth-order valence-corrected chi connectivity index (χ4v) is 4.26. The van der Waals surface area contributed by atoms with Crippen molar-refractivity contribution in [1.29, 1.82) is 0 Å². The summed E-state index contributed by atoms with van der Waals surface area (Å²) in [6.45, 7) is 9.28. The summed E-state index contributed by atoms with van der Waals surface area (Å²) < 4.78 is 2.03. The maximum absolute atomic E-state index is 13.2. The number of carbonyl (C=O) groups is 1. The van der Waals surface area contributed by atoms with Gasteiger partial charge in [-0.1, -0.05) is 6.92 Å². The lowest BCUT2D eigenvalue weighted by Gasteiger charge is -2.30. The fourth-order valence-electron chi connectivity index (χ4n) is 4.26. The zero-order valence-electron chi connectivity index (χ0n) is 17.7. The third-order valence-corrected chi connectivity index (χ3v) is 5.85. The SMILES string of the molecule is CCCn1cc(CN2CCc3nc(NC)nc(C(=O)N4CCCC4)c3C2)c(C)n1. The summed E-state index contributed by atoms with van der Waals surface area (Å²) in [5, 5.41) is 7.65. The van der Waals surface area contributed by atoms with Crippen molar-refractivity contribution in [3.05, 3.63) is 34.4 Å². The molecule has 2 aromatic rings. The average Bonchev–Trinajstić information content (AvgIpc) is 3.37. The Hall–Kier alpha value is -2.48. The van der Waals surface area contributed by atoms with Gasteiger partial charge in [0.05, 0.1) is 11.4 Å². The third-order valence-electron chi connectivity index (χ3n) is 5.85. The summed E-state index contributed by atoms with van der Waals surface area (Å²) in [6, 6.07) is 0. The number of nitrogens with one attached hydrogen (secondary N) is 1. The smallest absolute Gasteiger partial charge is 0.273 e. The standard InChI is InChI=1S/C21H31N7O/c1-4-8-28-13-16(15(2)25-28)12-26-11-7-18-17(14-26)19(24-21(22-3)23-18)20(29)27-9-5-6-10-27/h13H,4-12,14H2,1-3H3,(H,22,23,24). The zero-order chi connectivity index (χ0) is 20.4. The largest absolute Gasteiger partial charge is 0.357 e. The van der Waals surface area contributed by atoms with Crippen molar-refractivity contribution in [1.82, 2.24) is 29.5 Å². The number of aromatic nitrogens is 4. The Morgan fingerprint density at radius 3 is 2.72 bits per heavy atom. The van der Waals surface area contributed by atoms with E-state index in [1.807, 2.05) is 9.58 Å². The van der Waals surface area contributed by atoms with Crippen LogP contribution in [0.1, 0.15) is 59.2 Å². The number of hydrogen-bond donors (Lipinski definition) is 1. The average molecular weight is 398 g/mol. The van der Waals surface area contributed by atoms with Crippen LogP contribution in [0.2, 0.25) is 0 Å². The molecule has 0 saturated carbocycles. The van der Waals surface area contributed by atoms with E-state index in [9.17, 15) is 4.79 Å². The van der Waals surface area contributed by atoms with Crippen molar-refractivity contribution in [3.8, 4) is 0 Å². The van der Waals surface area contributed by atoms with Gasteiger partial charge in [-0.15, -0.1) is 0 Å². The monoisotopic (exact) mass is 397 g/mol. The topological polar surface area (TPSA) is 79.2 Å². The number of amides is 1. The van der Waals surface area contributed by atoms with Gasteiger partial charge in [-0.2, -0.15) is 5.10 Å². The fraction of sp³-hybridized carbons (Fsp3) is 0.619. The van der Waals surface area contributed by atoms with Gasteiger partial charge in [0.25, 0.3) is 5.91 Å². The Kier molecular flexibility index (Phi) is 5.80. The zero-order valence-corrected chi connectivity index (χ0v) is 17.7. The summed E-state index contributed by atoms with van der Waals surface area (Å²) in [5.74, 6) is 0.586.